The van der Waals surface area contributed by atoms with Crippen molar-refractivity contribution in [2.75, 3.05) is 20.7 Å². The molecule has 4 heteroatoms. The molecule has 2 aromatic carbocycles. The van der Waals surface area contributed by atoms with E-state index in [-0.39, 0.29) is 0 Å². The van der Waals surface area contributed by atoms with Gasteiger partial charge in [0.25, 0.3) is 0 Å². The minimum absolute atomic E-state index is 0.357. The molecule has 0 saturated carbocycles. The van der Waals surface area contributed by atoms with Gasteiger partial charge in [-0.15, -0.1) is 0 Å². The fourth-order valence-electron chi connectivity index (χ4n) is 3.22. The largest absolute Gasteiger partial charge is 0.507 e. The number of phenolic OH excluding ortho intramolecular Hbond substituents is 1. The molecule has 1 N–H and O–H groups in total. The van der Waals surface area contributed by atoms with Crippen LogP contribution in [0.4, 0.5) is 0 Å². The van der Waals surface area contributed by atoms with E-state index in [4.69, 9.17) is 4.74 Å². The molecule has 4 nitrogen and oxygen atoms in total. The van der Waals surface area contributed by atoms with E-state index in [0.717, 1.165) is 36.2 Å². The van der Waals surface area contributed by atoms with E-state index in [1.165, 1.54) is 11.1 Å². The van der Waals surface area contributed by atoms with Crippen molar-refractivity contribution >= 4 is 10.9 Å². The quantitative estimate of drug-likeness (QED) is 0.753. The first-order chi connectivity index (χ1) is 11.6. The molecule has 0 spiro atoms. The lowest BCUT2D eigenvalue weighted by molar-refractivity contribution is 0.321. The highest BCUT2D eigenvalue weighted by Gasteiger charge is 2.12. The minimum atomic E-state index is 0.357. The topological polar surface area (TPSA) is 37.6 Å². The Labute approximate surface area is 142 Å². The molecule has 1 heterocycles. The molecule has 0 atom stereocenters. The maximum Gasteiger partial charge on any atom is 0.125 e. The molecule has 0 aliphatic rings. The van der Waals surface area contributed by atoms with Gasteiger partial charge in [0, 0.05) is 37.3 Å². The van der Waals surface area contributed by atoms with Gasteiger partial charge in [-0.2, -0.15) is 0 Å². The molecule has 0 radical (unpaired) electrons. The molecule has 126 valence electrons. The lowest BCUT2D eigenvalue weighted by Crippen LogP contribution is -2.21. The highest BCUT2D eigenvalue weighted by molar-refractivity contribution is 5.89. The Morgan fingerprint density at radius 2 is 1.88 bits per heavy atom. The molecule has 0 aliphatic carbocycles. The number of fused-ring (bicyclic) bond motifs is 1. The van der Waals surface area contributed by atoms with Crippen LogP contribution < -0.4 is 4.74 Å². The van der Waals surface area contributed by atoms with Crippen LogP contribution >= 0.6 is 0 Å². The van der Waals surface area contributed by atoms with Crippen LogP contribution in [0, 0.1) is 0 Å². The molecule has 0 saturated heterocycles. The number of benzene rings is 2. The van der Waals surface area contributed by atoms with Crippen LogP contribution in [-0.4, -0.2) is 35.3 Å². The fraction of sp³-hybridized carbons (Fsp3) is 0.300. The van der Waals surface area contributed by atoms with E-state index < -0.39 is 0 Å². The van der Waals surface area contributed by atoms with Crippen LogP contribution in [0.3, 0.4) is 0 Å². The number of para-hydroxylation sites is 1. The van der Waals surface area contributed by atoms with E-state index in [1.807, 2.05) is 37.4 Å². The van der Waals surface area contributed by atoms with Crippen molar-refractivity contribution in [3.05, 3.63) is 59.8 Å². The summed E-state index contributed by atoms with van der Waals surface area (Å²) in [7, 11) is 5.83. The van der Waals surface area contributed by atoms with Gasteiger partial charge in [0.2, 0.25) is 0 Å². The molecule has 0 aliphatic heterocycles. The number of rotatable bonds is 6. The van der Waals surface area contributed by atoms with Crippen molar-refractivity contribution in [3.8, 4) is 11.5 Å². The molecule has 0 fully saturated rings. The Morgan fingerprint density at radius 3 is 2.67 bits per heavy atom. The van der Waals surface area contributed by atoms with Crippen molar-refractivity contribution in [2.24, 2.45) is 7.05 Å². The number of methoxy groups -OCH3 is 1. The van der Waals surface area contributed by atoms with E-state index in [9.17, 15) is 5.11 Å². The summed E-state index contributed by atoms with van der Waals surface area (Å²) >= 11 is 0. The predicted molar refractivity (Wildman–Crippen MR) is 97.6 cm³/mol. The number of hydrogen-bond acceptors (Lipinski definition) is 3. The first-order valence-corrected chi connectivity index (χ1v) is 8.16. The van der Waals surface area contributed by atoms with Gasteiger partial charge in [-0.1, -0.05) is 24.3 Å². The van der Waals surface area contributed by atoms with Crippen LogP contribution in [0.5, 0.6) is 11.5 Å². The van der Waals surface area contributed by atoms with Crippen LogP contribution in [0.2, 0.25) is 0 Å². The van der Waals surface area contributed by atoms with Gasteiger partial charge >= 0.3 is 0 Å². The smallest absolute Gasteiger partial charge is 0.125 e. The molecule has 0 bridgehead atoms. The summed E-state index contributed by atoms with van der Waals surface area (Å²) in [6.45, 7) is 1.74. The third kappa shape index (κ3) is 3.24. The summed E-state index contributed by atoms with van der Waals surface area (Å²) in [6, 6.07) is 13.8. The van der Waals surface area contributed by atoms with E-state index >= 15 is 0 Å². The van der Waals surface area contributed by atoms with Crippen molar-refractivity contribution < 1.29 is 9.84 Å². The van der Waals surface area contributed by atoms with E-state index in [0.29, 0.717) is 5.75 Å². The Morgan fingerprint density at radius 1 is 1.08 bits per heavy atom. The van der Waals surface area contributed by atoms with Gasteiger partial charge in [0.15, 0.2) is 0 Å². The average Bonchev–Trinajstić information content (AvgIpc) is 2.91. The maximum absolute atomic E-state index is 10.2. The normalized spacial score (nSPS) is 11.3. The second-order valence-corrected chi connectivity index (χ2v) is 6.24. The van der Waals surface area contributed by atoms with Crippen molar-refractivity contribution in [3.63, 3.8) is 0 Å². The fourth-order valence-corrected chi connectivity index (χ4v) is 3.22. The molecule has 1 aromatic heterocycles. The van der Waals surface area contributed by atoms with E-state index in [2.05, 4.69) is 28.8 Å². The first-order valence-electron chi connectivity index (χ1n) is 8.16. The number of ether oxygens (including phenoxy) is 1. The van der Waals surface area contributed by atoms with Gasteiger partial charge in [-0.05, 0) is 37.2 Å². The highest BCUT2D eigenvalue weighted by atomic mass is 16.5. The van der Waals surface area contributed by atoms with Crippen molar-refractivity contribution in [1.29, 1.82) is 0 Å². The summed E-state index contributed by atoms with van der Waals surface area (Å²) < 4.78 is 7.50. The van der Waals surface area contributed by atoms with Crippen LogP contribution in [0.1, 0.15) is 11.1 Å². The van der Waals surface area contributed by atoms with Gasteiger partial charge in [-0.25, -0.2) is 0 Å². The number of aromatic hydroxyl groups is 1. The molecular formula is C20H24N2O2. The minimum Gasteiger partial charge on any atom is -0.507 e. The number of aromatic nitrogens is 1. The zero-order valence-corrected chi connectivity index (χ0v) is 14.5. The molecule has 3 rings (SSSR count). The van der Waals surface area contributed by atoms with Gasteiger partial charge < -0.3 is 19.3 Å². The Bertz CT molecular complexity index is 839. The monoisotopic (exact) mass is 324 g/mol. The summed E-state index contributed by atoms with van der Waals surface area (Å²) in [5.74, 6) is 1.28. The van der Waals surface area contributed by atoms with Crippen molar-refractivity contribution in [1.82, 2.24) is 9.47 Å². The van der Waals surface area contributed by atoms with Crippen molar-refractivity contribution in [2.45, 2.75) is 13.0 Å². The van der Waals surface area contributed by atoms with Crippen LogP contribution in [0.25, 0.3) is 10.9 Å². The summed E-state index contributed by atoms with van der Waals surface area (Å²) in [5, 5.41) is 11.2. The lowest BCUT2D eigenvalue weighted by atomic mass is 10.1. The summed E-state index contributed by atoms with van der Waals surface area (Å²) in [6.07, 6.45) is 3.00. The molecular weight excluding hydrogens is 300 g/mol. The maximum atomic E-state index is 10.2. The van der Waals surface area contributed by atoms with Crippen LogP contribution in [0.15, 0.2) is 48.7 Å². The SMILES string of the molecule is COc1ccccc1CN(C)CCc1cn(C)c2cccc(O)c12. The van der Waals surface area contributed by atoms with E-state index in [1.54, 1.807) is 13.2 Å². The second kappa shape index (κ2) is 6.97. The Balaban J connectivity index is 1.72. The number of nitrogens with zero attached hydrogens (tertiary/aromatic N) is 2. The number of aryl methyl sites for hydroxylation is 1. The Hall–Kier alpha value is -2.46. The zero-order chi connectivity index (χ0) is 17.1. The predicted octanol–water partition coefficient (Wildman–Crippen LogP) is 3.57. The number of hydrogen-bond donors (Lipinski definition) is 1. The molecule has 0 unspecified atom stereocenters. The van der Waals surface area contributed by atoms with Crippen LogP contribution in [-0.2, 0) is 20.0 Å². The standard InChI is InChI=1S/C20H24N2O2/c1-21(13-15-7-4-5-10-19(15)24-3)12-11-16-14-22(2)17-8-6-9-18(23)20(16)17/h4-10,14,23H,11-13H2,1-3H3. The average molecular weight is 324 g/mol. The third-order valence-corrected chi connectivity index (χ3v) is 4.47. The Kier molecular flexibility index (Phi) is 4.76. The molecule has 24 heavy (non-hydrogen) atoms. The third-order valence-electron chi connectivity index (χ3n) is 4.47. The van der Waals surface area contributed by atoms with Gasteiger partial charge in [-0.3, -0.25) is 0 Å². The summed E-state index contributed by atoms with van der Waals surface area (Å²) in [5.41, 5.74) is 3.43. The molecule has 3 aromatic rings. The second-order valence-electron chi connectivity index (χ2n) is 6.24. The zero-order valence-electron chi connectivity index (χ0n) is 14.5. The summed E-state index contributed by atoms with van der Waals surface area (Å²) in [4.78, 5) is 2.27. The lowest BCUT2D eigenvalue weighted by Gasteiger charge is -2.18. The highest BCUT2D eigenvalue weighted by Crippen LogP contribution is 2.29. The number of likely N-dealkylation sites (N-methyl/N-ethyl adjacent to an activating group) is 1. The van der Waals surface area contributed by atoms with Gasteiger partial charge in [0.05, 0.1) is 12.6 Å². The number of phenols is 1. The molecule has 0 amide bonds. The van der Waals surface area contributed by atoms with Gasteiger partial charge in [0.1, 0.15) is 11.5 Å². The first kappa shape index (κ1) is 16.4.